The first-order chi connectivity index (χ1) is 14.9. The second-order valence-electron chi connectivity index (χ2n) is 6.49. The molecule has 9 nitrogen and oxygen atoms in total. The van der Waals surface area contributed by atoms with Gasteiger partial charge in [0.15, 0.2) is 11.6 Å². The number of rotatable bonds is 8. The summed E-state index contributed by atoms with van der Waals surface area (Å²) in [6.45, 7) is 1.70. The molecule has 14 heteroatoms. The Bertz CT molecular complexity index is 1250. The zero-order chi connectivity index (χ0) is 23.8. The van der Waals surface area contributed by atoms with Crippen LogP contribution < -0.4 is 18.5 Å². The molecule has 0 aliphatic heterocycles. The predicted octanol–water partition coefficient (Wildman–Crippen LogP) is 3.35. The molecule has 1 aromatic carbocycles. The molecule has 0 atom stereocenters. The van der Waals surface area contributed by atoms with Crippen LogP contribution in [0.1, 0.15) is 5.56 Å². The van der Waals surface area contributed by atoms with Crippen LogP contribution in [-0.4, -0.2) is 57.2 Å². The third-order valence-corrected chi connectivity index (χ3v) is 5.98. The molecule has 2 aromatic heterocycles. The first-order valence-electron chi connectivity index (χ1n) is 8.83. The van der Waals surface area contributed by atoms with Gasteiger partial charge in [-0.3, -0.25) is 0 Å². The van der Waals surface area contributed by atoms with E-state index >= 15 is 0 Å². The van der Waals surface area contributed by atoms with Crippen molar-refractivity contribution in [3.05, 3.63) is 30.0 Å². The highest BCUT2D eigenvalue weighted by Crippen LogP contribution is 2.39. The summed E-state index contributed by atoms with van der Waals surface area (Å²) in [5.74, 6) is -0.347. The number of anilines is 1. The van der Waals surface area contributed by atoms with Gasteiger partial charge in [-0.2, -0.15) is 26.0 Å². The molecule has 0 aliphatic rings. The largest absolute Gasteiger partial charge is 0.492 e. The fourth-order valence-electron chi connectivity index (χ4n) is 2.81. The first kappa shape index (κ1) is 23.4. The van der Waals surface area contributed by atoms with Crippen molar-refractivity contribution >= 4 is 26.9 Å². The number of imidazole rings is 1. The first-order valence-corrected chi connectivity index (χ1v) is 10.3. The van der Waals surface area contributed by atoms with Crippen LogP contribution in [0.15, 0.2) is 29.6 Å². The van der Waals surface area contributed by atoms with Crippen molar-refractivity contribution in [2.24, 2.45) is 0 Å². The quantitative estimate of drug-likeness (QED) is 0.495. The molecule has 0 unspecified atom stereocenters. The summed E-state index contributed by atoms with van der Waals surface area (Å²) in [4.78, 5) is 10.5. The Hall–Kier alpha value is -3.29. The van der Waals surface area contributed by atoms with Crippen molar-refractivity contribution in [2.75, 3.05) is 25.6 Å². The summed E-state index contributed by atoms with van der Waals surface area (Å²) in [5, 5.41) is -0.545. The topological polar surface area (TPSA) is 107 Å². The van der Waals surface area contributed by atoms with Gasteiger partial charge < -0.3 is 19.2 Å². The summed E-state index contributed by atoms with van der Waals surface area (Å²) in [7, 11) is -0.409. The molecule has 0 fully saturated rings. The highest BCUT2D eigenvalue weighted by Gasteiger charge is 2.44. The van der Waals surface area contributed by atoms with Gasteiger partial charge >= 0.3 is 12.5 Å². The number of aryl methyl sites for hydroxylation is 1. The van der Waals surface area contributed by atoms with Crippen molar-refractivity contribution in [3.8, 4) is 17.2 Å². The minimum atomic E-state index is -4.72. The van der Waals surface area contributed by atoms with Crippen LogP contribution in [0.4, 0.5) is 23.4 Å². The second-order valence-corrected chi connectivity index (χ2v) is 8.37. The molecule has 2 heterocycles. The van der Waals surface area contributed by atoms with E-state index in [1.54, 1.807) is 6.92 Å². The Morgan fingerprint density at radius 2 is 1.81 bits per heavy atom. The van der Waals surface area contributed by atoms with Crippen LogP contribution in [-0.2, 0) is 10.0 Å². The summed E-state index contributed by atoms with van der Waals surface area (Å²) >= 11 is 0. The van der Waals surface area contributed by atoms with Gasteiger partial charge in [0.05, 0.1) is 25.3 Å². The molecule has 32 heavy (non-hydrogen) atoms. The van der Waals surface area contributed by atoms with Crippen LogP contribution in [0.3, 0.4) is 0 Å². The molecular weight excluding hydrogens is 460 g/mol. The fraction of sp³-hybridized carbons (Fsp3) is 0.333. The van der Waals surface area contributed by atoms with E-state index in [1.165, 1.54) is 33.5 Å². The number of H-pyrrole nitrogens is 1. The molecule has 1 N–H and O–H groups in total. The van der Waals surface area contributed by atoms with E-state index in [-0.39, 0.29) is 28.4 Å². The number of halogens is 4. The third kappa shape index (κ3) is 4.09. The smallest absolute Gasteiger partial charge is 0.461 e. The summed E-state index contributed by atoms with van der Waals surface area (Å²) in [6, 6.07) is 3.06. The standard InChI is InChI=1S/C18H18F4N4O5S/c1-9-8-23-15(14(30-4)13(9)29-3)26(2)32(27,28)17-24-11-6-5-10(7-12(11)25-17)31-18(21,22)16(19)20/h5-8,16H,1-4H3,(H,24,25). The van der Waals surface area contributed by atoms with Gasteiger partial charge in [-0.1, -0.05) is 0 Å². The number of fused-ring (bicyclic) bond motifs is 1. The molecular formula is C18H18F4N4O5S. The predicted molar refractivity (Wildman–Crippen MR) is 105 cm³/mol. The maximum Gasteiger partial charge on any atom is 0.461 e. The van der Waals surface area contributed by atoms with Crippen LogP contribution in [0.25, 0.3) is 11.0 Å². The monoisotopic (exact) mass is 478 g/mol. The van der Waals surface area contributed by atoms with Gasteiger partial charge in [0, 0.05) is 24.9 Å². The van der Waals surface area contributed by atoms with E-state index in [0.717, 1.165) is 16.4 Å². The number of nitrogens with zero attached hydrogens (tertiary/aromatic N) is 3. The number of sulfonamides is 1. The number of hydrogen-bond donors (Lipinski definition) is 1. The lowest BCUT2D eigenvalue weighted by Gasteiger charge is -2.21. The van der Waals surface area contributed by atoms with Gasteiger partial charge in [-0.05, 0) is 19.1 Å². The summed E-state index contributed by atoms with van der Waals surface area (Å²) in [5.41, 5.74) is 0.655. The molecule has 0 aliphatic carbocycles. The normalized spacial score (nSPS) is 12.3. The van der Waals surface area contributed by atoms with E-state index in [0.29, 0.717) is 5.56 Å². The maximum absolute atomic E-state index is 13.1. The lowest BCUT2D eigenvalue weighted by atomic mass is 10.2. The number of benzene rings is 1. The number of aromatic amines is 1. The maximum atomic E-state index is 13.1. The Morgan fingerprint density at radius 1 is 1.16 bits per heavy atom. The number of hydrogen-bond acceptors (Lipinski definition) is 7. The number of nitrogens with one attached hydrogen (secondary N) is 1. The molecule has 3 rings (SSSR count). The molecule has 0 bridgehead atoms. The number of ether oxygens (including phenoxy) is 3. The molecule has 0 amide bonds. The number of aromatic nitrogens is 3. The Kier molecular flexibility index (Phi) is 6.09. The van der Waals surface area contributed by atoms with Crippen LogP contribution in [0.2, 0.25) is 0 Å². The fourth-order valence-corrected chi connectivity index (χ4v) is 3.88. The van der Waals surface area contributed by atoms with E-state index in [2.05, 4.69) is 19.7 Å². The van der Waals surface area contributed by atoms with Crippen molar-refractivity contribution in [1.82, 2.24) is 15.0 Å². The lowest BCUT2D eigenvalue weighted by Crippen LogP contribution is -2.33. The van der Waals surface area contributed by atoms with Crippen LogP contribution in [0.5, 0.6) is 17.2 Å². The van der Waals surface area contributed by atoms with E-state index < -0.39 is 33.5 Å². The zero-order valence-electron chi connectivity index (χ0n) is 17.2. The SMILES string of the molecule is COc1c(C)cnc(N(C)S(=O)(=O)c2nc3cc(OC(F)(F)C(F)F)ccc3[nH]2)c1OC. The average molecular weight is 478 g/mol. The van der Waals surface area contributed by atoms with Gasteiger partial charge in [-0.15, -0.1) is 0 Å². The minimum Gasteiger partial charge on any atom is -0.492 e. The number of pyridine rings is 1. The average Bonchev–Trinajstić information content (AvgIpc) is 3.16. The molecule has 3 aromatic rings. The Balaban J connectivity index is 2.01. The summed E-state index contributed by atoms with van der Waals surface area (Å²) < 4.78 is 92.6. The van der Waals surface area contributed by atoms with Gasteiger partial charge in [0.2, 0.25) is 10.9 Å². The van der Waals surface area contributed by atoms with Gasteiger partial charge in [0.1, 0.15) is 5.75 Å². The Labute approximate surface area is 180 Å². The van der Waals surface area contributed by atoms with Crippen molar-refractivity contribution < 1.29 is 40.2 Å². The van der Waals surface area contributed by atoms with E-state index in [4.69, 9.17) is 9.47 Å². The molecule has 0 saturated carbocycles. The van der Waals surface area contributed by atoms with E-state index in [1.807, 2.05) is 0 Å². The van der Waals surface area contributed by atoms with Gasteiger partial charge in [-0.25, -0.2) is 14.3 Å². The number of methoxy groups -OCH3 is 2. The highest BCUT2D eigenvalue weighted by molar-refractivity contribution is 7.92. The second kappa shape index (κ2) is 8.33. The van der Waals surface area contributed by atoms with Crippen molar-refractivity contribution in [1.29, 1.82) is 0 Å². The molecule has 0 spiro atoms. The molecule has 0 radical (unpaired) electrons. The van der Waals surface area contributed by atoms with Crippen LogP contribution in [0, 0.1) is 6.92 Å². The minimum absolute atomic E-state index is 0.0691. The molecule has 0 saturated heterocycles. The highest BCUT2D eigenvalue weighted by atomic mass is 32.2. The van der Waals surface area contributed by atoms with Crippen molar-refractivity contribution in [2.45, 2.75) is 24.6 Å². The number of alkyl halides is 4. The third-order valence-electron chi connectivity index (χ3n) is 4.40. The zero-order valence-corrected chi connectivity index (χ0v) is 18.0. The van der Waals surface area contributed by atoms with Crippen LogP contribution >= 0.6 is 0 Å². The lowest BCUT2D eigenvalue weighted by molar-refractivity contribution is -0.253. The Morgan fingerprint density at radius 3 is 2.41 bits per heavy atom. The van der Waals surface area contributed by atoms with E-state index in [9.17, 15) is 26.0 Å². The molecule has 174 valence electrons. The van der Waals surface area contributed by atoms with Gasteiger partial charge in [0.25, 0.3) is 10.0 Å². The summed E-state index contributed by atoms with van der Waals surface area (Å²) in [6.07, 6.45) is -7.36. The van der Waals surface area contributed by atoms with Crippen molar-refractivity contribution in [3.63, 3.8) is 0 Å².